The van der Waals surface area contributed by atoms with Crippen molar-refractivity contribution in [2.45, 2.75) is 63.8 Å². The van der Waals surface area contributed by atoms with Crippen molar-refractivity contribution in [3.63, 3.8) is 0 Å². The first kappa shape index (κ1) is 16.3. The molecule has 0 unspecified atom stereocenters. The number of carbonyl (C=O) groups is 2. The van der Waals surface area contributed by atoms with Crippen LogP contribution in [0.2, 0.25) is 0 Å². The summed E-state index contributed by atoms with van der Waals surface area (Å²) in [5.74, 6) is 0.861. The average molecular weight is 296 g/mol. The van der Waals surface area contributed by atoms with Gasteiger partial charge < -0.3 is 15.7 Å². The Morgan fingerprint density at radius 1 is 1.00 bits per heavy atom. The summed E-state index contributed by atoms with van der Waals surface area (Å²) in [6, 6.07) is 0.237. The van der Waals surface area contributed by atoms with Crippen LogP contribution in [0.25, 0.3) is 0 Å². The Morgan fingerprint density at radius 2 is 1.67 bits per heavy atom. The Balaban J connectivity index is 1.64. The van der Waals surface area contributed by atoms with Gasteiger partial charge in [-0.1, -0.05) is 12.8 Å². The highest BCUT2D eigenvalue weighted by molar-refractivity contribution is 5.79. The SMILES string of the molecule is O=C(CC1CCCC1)NC1CCC(C(=O)NCCO)CC1. The molecule has 0 bridgehead atoms. The summed E-state index contributed by atoms with van der Waals surface area (Å²) >= 11 is 0. The van der Waals surface area contributed by atoms with Crippen LogP contribution >= 0.6 is 0 Å². The summed E-state index contributed by atoms with van der Waals surface area (Å²) in [7, 11) is 0. The lowest BCUT2D eigenvalue weighted by molar-refractivity contribution is -0.126. The third kappa shape index (κ3) is 5.30. The van der Waals surface area contributed by atoms with E-state index in [1.807, 2.05) is 0 Å². The number of nitrogens with one attached hydrogen (secondary N) is 2. The summed E-state index contributed by atoms with van der Waals surface area (Å²) in [5.41, 5.74) is 0. The topological polar surface area (TPSA) is 78.4 Å². The molecule has 0 radical (unpaired) electrons. The molecule has 120 valence electrons. The summed E-state index contributed by atoms with van der Waals surface area (Å²) in [6.07, 6.45) is 9.03. The maximum Gasteiger partial charge on any atom is 0.223 e. The molecule has 5 heteroatoms. The van der Waals surface area contributed by atoms with Crippen molar-refractivity contribution in [2.75, 3.05) is 13.2 Å². The third-order valence-electron chi connectivity index (χ3n) is 4.82. The lowest BCUT2D eigenvalue weighted by Crippen LogP contribution is -2.41. The van der Waals surface area contributed by atoms with E-state index < -0.39 is 0 Å². The minimum absolute atomic E-state index is 0.0156. The molecule has 0 aromatic carbocycles. The molecular weight excluding hydrogens is 268 g/mol. The fourth-order valence-electron chi connectivity index (χ4n) is 3.59. The zero-order valence-corrected chi connectivity index (χ0v) is 12.8. The average Bonchev–Trinajstić information content (AvgIpc) is 2.98. The molecule has 2 aliphatic rings. The largest absolute Gasteiger partial charge is 0.395 e. The molecule has 2 aliphatic carbocycles. The minimum atomic E-state index is -0.0156. The van der Waals surface area contributed by atoms with Crippen molar-refractivity contribution >= 4 is 11.8 Å². The molecular formula is C16H28N2O3. The molecule has 2 saturated carbocycles. The van der Waals surface area contributed by atoms with Crippen LogP contribution in [-0.2, 0) is 9.59 Å². The molecule has 2 rings (SSSR count). The summed E-state index contributed by atoms with van der Waals surface area (Å²) in [5, 5.41) is 14.6. The minimum Gasteiger partial charge on any atom is -0.395 e. The van der Waals surface area contributed by atoms with Crippen molar-refractivity contribution in [2.24, 2.45) is 11.8 Å². The fraction of sp³-hybridized carbons (Fsp3) is 0.875. The van der Waals surface area contributed by atoms with E-state index in [2.05, 4.69) is 10.6 Å². The molecule has 0 aromatic heterocycles. The van der Waals surface area contributed by atoms with Crippen molar-refractivity contribution in [1.82, 2.24) is 10.6 Å². The van der Waals surface area contributed by atoms with Crippen molar-refractivity contribution in [3.8, 4) is 0 Å². The third-order valence-corrected chi connectivity index (χ3v) is 4.82. The molecule has 21 heavy (non-hydrogen) atoms. The molecule has 0 heterocycles. The highest BCUT2D eigenvalue weighted by Crippen LogP contribution is 2.28. The molecule has 0 saturated heterocycles. The van der Waals surface area contributed by atoms with Gasteiger partial charge >= 0.3 is 0 Å². The van der Waals surface area contributed by atoms with Crippen LogP contribution < -0.4 is 10.6 Å². The Labute approximate surface area is 126 Å². The van der Waals surface area contributed by atoms with Gasteiger partial charge in [-0.3, -0.25) is 9.59 Å². The zero-order chi connectivity index (χ0) is 15.1. The van der Waals surface area contributed by atoms with Crippen LogP contribution in [0.4, 0.5) is 0 Å². The highest BCUT2D eigenvalue weighted by atomic mass is 16.3. The van der Waals surface area contributed by atoms with Gasteiger partial charge in [-0.15, -0.1) is 0 Å². The zero-order valence-electron chi connectivity index (χ0n) is 12.8. The molecule has 3 N–H and O–H groups in total. The number of carbonyl (C=O) groups excluding carboxylic acids is 2. The Kier molecular flexibility index (Phi) is 6.49. The molecule has 0 aliphatic heterocycles. The first-order valence-corrected chi connectivity index (χ1v) is 8.37. The fourth-order valence-corrected chi connectivity index (χ4v) is 3.59. The van der Waals surface area contributed by atoms with Crippen LogP contribution in [0.15, 0.2) is 0 Å². The van der Waals surface area contributed by atoms with Gasteiger partial charge in [-0.05, 0) is 44.4 Å². The maximum absolute atomic E-state index is 12.0. The van der Waals surface area contributed by atoms with Crippen LogP contribution in [0, 0.1) is 11.8 Å². The normalized spacial score (nSPS) is 26.5. The van der Waals surface area contributed by atoms with E-state index in [0.717, 1.165) is 25.7 Å². The van der Waals surface area contributed by atoms with Gasteiger partial charge in [0.25, 0.3) is 0 Å². The second-order valence-corrected chi connectivity index (χ2v) is 6.49. The van der Waals surface area contributed by atoms with Gasteiger partial charge in [0.15, 0.2) is 0 Å². The number of hydrogen-bond donors (Lipinski definition) is 3. The van der Waals surface area contributed by atoms with Gasteiger partial charge in [-0.25, -0.2) is 0 Å². The Morgan fingerprint density at radius 3 is 2.29 bits per heavy atom. The van der Waals surface area contributed by atoms with E-state index in [0.29, 0.717) is 18.9 Å². The van der Waals surface area contributed by atoms with Gasteiger partial charge in [0, 0.05) is 24.9 Å². The van der Waals surface area contributed by atoms with Crippen molar-refractivity contribution in [3.05, 3.63) is 0 Å². The smallest absolute Gasteiger partial charge is 0.223 e. The van der Waals surface area contributed by atoms with Gasteiger partial charge in [-0.2, -0.15) is 0 Å². The lowest BCUT2D eigenvalue weighted by atomic mass is 9.85. The number of aliphatic hydroxyl groups excluding tert-OH is 1. The number of amides is 2. The Bertz CT molecular complexity index is 345. The van der Waals surface area contributed by atoms with E-state index in [4.69, 9.17) is 5.11 Å². The maximum atomic E-state index is 12.0. The molecule has 2 fully saturated rings. The quantitative estimate of drug-likeness (QED) is 0.692. The lowest BCUT2D eigenvalue weighted by Gasteiger charge is -2.28. The van der Waals surface area contributed by atoms with Crippen molar-refractivity contribution < 1.29 is 14.7 Å². The molecule has 0 aromatic rings. The first-order chi connectivity index (χ1) is 10.2. The van der Waals surface area contributed by atoms with Crippen LogP contribution in [0.3, 0.4) is 0 Å². The van der Waals surface area contributed by atoms with Crippen LogP contribution in [0.5, 0.6) is 0 Å². The van der Waals surface area contributed by atoms with E-state index >= 15 is 0 Å². The standard InChI is InChI=1S/C16H28N2O3/c19-10-9-17-16(21)13-5-7-14(8-6-13)18-15(20)11-12-3-1-2-4-12/h12-14,19H,1-11H2,(H,17,21)(H,18,20). The van der Waals surface area contributed by atoms with Gasteiger partial charge in [0.1, 0.15) is 0 Å². The summed E-state index contributed by atoms with van der Waals surface area (Å²) in [4.78, 5) is 23.8. The van der Waals surface area contributed by atoms with Crippen molar-refractivity contribution in [1.29, 1.82) is 0 Å². The van der Waals surface area contributed by atoms with E-state index in [1.165, 1.54) is 25.7 Å². The highest BCUT2D eigenvalue weighted by Gasteiger charge is 2.27. The molecule has 0 atom stereocenters. The molecule has 5 nitrogen and oxygen atoms in total. The predicted molar refractivity (Wildman–Crippen MR) is 80.6 cm³/mol. The summed E-state index contributed by atoms with van der Waals surface area (Å²) in [6.45, 7) is 0.315. The second-order valence-electron chi connectivity index (χ2n) is 6.49. The van der Waals surface area contributed by atoms with Gasteiger partial charge in [0.05, 0.1) is 6.61 Å². The second kappa shape index (κ2) is 8.37. The van der Waals surface area contributed by atoms with Crippen LogP contribution in [-0.4, -0.2) is 36.1 Å². The van der Waals surface area contributed by atoms with E-state index in [1.54, 1.807) is 0 Å². The first-order valence-electron chi connectivity index (χ1n) is 8.37. The molecule has 2 amide bonds. The predicted octanol–water partition coefficient (Wildman–Crippen LogP) is 1.35. The van der Waals surface area contributed by atoms with E-state index in [-0.39, 0.29) is 30.4 Å². The van der Waals surface area contributed by atoms with E-state index in [9.17, 15) is 9.59 Å². The van der Waals surface area contributed by atoms with Gasteiger partial charge in [0.2, 0.25) is 11.8 Å². The number of aliphatic hydroxyl groups is 1. The number of rotatable bonds is 6. The number of hydrogen-bond acceptors (Lipinski definition) is 3. The van der Waals surface area contributed by atoms with Crippen LogP contribution in [0.1, 0.15) is 57.8 Å². The molecule has 0 spiro atoms. The summed E-state index contributed by atoms with van der Waals surface area (Å²) < 4.78 is 0. The monoisotopic (exact) mass is 296 g/mol. The Hall–Kier alpha value is -1.10.